The molecule has 2 aliphatic heterocycles. The van der Waals surface area contributed by atoms with Gasteiger partial charge in [-0.25, -0.2) is 0 Å². The summed E-state index contributed by atoms with van der Waals surface area (Å²) in [6.45, 7) is 9.89. The second-order valence-electron chi connectivity index (χ2n) is 4.19. The zero-order valence-corrected chi connectivity index (χ0v) is 11.1. The van der Waals surface area contributed by atoms with Crippen molar-refractivity contribution in [3.63, 3.8) is 0 Å². The monoisotopic (exact) mass is 236 g/mol. The van der Waals surface area contributed by atoms with Crippen LogP contribution < -0.4 is 0 Å². The summed E-state index contributed by atoms with van der Waals surface area (Å²) < 4.78 is 10.8. The van der Waals surface area contributed by atoms with Crippen LogP contribution in [0.15, 0.2) is 0 Å². The predicted octanol–water partition coefficient (Wildman–Crippen LogP) is 2.97. The van der Waals surface area contributed by atoms with Crippen molar-refractivity contribution in [3.8, 4) is 0 Å². The van der Waals surface area contributed by atoms with Crippen LogP contribution in [-0.4, -0.2) is 34.6 Å². The minimum absolute atomic E-state index is 0.306. The van der Waals surface area contributed by atoms with Crippen molar-refractivity contribution in [2.75, 3.05) is 24.7 Å². The Bertz CT molecular complexity index is 145. The molecular weight excluding hydrogens is 216 g/mol. The molecule has 0 amide bonds. The Hall–Kier alpha value is 0.620. The summed E-state index contributed by atoms with van der Waals surface area (Å²) in [6.07, 6.45) is 0. The van der Waals surface area contributed by atoms with Crippen LogP contribution in [0.2, 0.25) is 0 Å². The van der Waals surface area contributed by atoms with E-state index in [0.29, 0.717) is 4.08 Å². The van der Waals surface area contributed by atoms with Crippen molar-refractivity contribution in [2.45, 2.75) is 37.6 Å². The molecule has 0 aromatic heterocycles. The maximum absolute atomic E-state index is 5.12. The number of hydrogen-bond acceptors (Lipinski definition) is 4. The van der Waals surface area contributed by atoms with Gasteiger partial charge in [-0.15, -0.1) is 23.5 Å². The van der Waals surface area contributed by atoms with Crippen molar-refractivity contribution in [1.82, 2.24) is 0 Å². The van der Waals surface area contributed by atoms with Gasteiger partial charge < -0.3 is 9.47 Å². The summed E-state index contributed by atoms with van der Waals surface area (Å²) in [5, 5.41) is 0. The second-order valence-corrected chi connectivity index (χ2v) is 7.89. The molecule has 0 aliphatic carbocycles. The minimum atomic E-state index is -0.306. The van der Waals surface area contributed by atoms with Crippen LogP contribution in [0.5, 0.6) is 0 Å². The Balaban J connectivity index is 0.000000140. The van der Waals surface area contributed by atoms with Crippen LogP contribution in [0, 0.1) is 0 Å². The van der Waals surface area contributed by atoms with Crippen molar-refractivity contribution >= 4 is 23.5 Å². The number of thioether (sulfide) groups is 2. The van der Waals surface area contributed by atoms with Gasteiger partial charge in [0.25, 0.3) is 0 Å². The van der Waals surface area contributed by atoms with Gasteiger partial charge in [0.15, 0.2) is 5.79 Å². The summed E-state index contributed by atoms with van der Waals surface area (Å²) in [7, 11) is 0. The fraction of sp³-hybridized carbons (Fsp3) is 1.00. The molecule has 0 unspecified atom stereocenters. The summed E-state index contributed by atoms with van der Waals surface area (Å²) >= 11 is 4.12. The van der Waals surface area contributed by atoms with E-state index in [4.69, 9.17) is 9.47 Å². The molecule has 0 radical (unpaired) electrons. The van der Waals surface area contributed by atoms with E-state index in [1.807, 2.05) is 13.8 Å². The molecule has 2 aliphatic rings. The van der Waals surface area contributed by atoms with Crippen molar-refractivity contribution in [1.29, 1.82) is 0 Å². The van der Waals surface area contributed by atoms with E-state index < -0.39 is 0 Å². The molecule has 14 heavy (non-hydrogen) atoms. The maximum atomic E-state index is 5.12. The molecule has 0 aromatic rings. The summed E-state index contributed by atoms with van der Waals surface area (Å²) in [4.78, 5) is 0. The van der Waals surface area contributed by atoms with Gasteiger partial charge in [0.2, 0.25) is 0 Å². The van der Waals surface area contributed by atoms with Gasteiger partial charge in [0.1, 0.15) is 0 Å². The van der Waals surface area contributed by atoms with Crippen LogP contribution in [0.3, 0.4) is 0 Å². The molecule has 2 fully saturated rings. The lowest BCUT2D eigenvalue weighted by molar-refractivity contribution is -0.125. The van der Waals surface area contributed by atoms with Crippen molar-refractivity contribution in [2.24, 2.45) is 0 Å². The molecule has 2 rings (SSSR count). The Morgan fingerprint density at radius 2 is 1.29 bits per heavy atom. The maximum Gasteiger partial charge on any atom is 0.162 e. The average Bonchev–Trinajstić information content (AvgIpc) is 2.60. The minimum Gasteiger partial charge on any atom is -0.348 e. The third-order valence-corrected chi connectivity index (χ3v) is 5.14. The first-order valence-corrected chi connectivity index (χ1v) is 6.94. The first-order valence-electron chi connectivity index (χ1n) is 4.97. The molecular formula is C10H20O2S2. The third kappa shape index (κ3) is 4.91. The second kappa shape index (κ2) is 5.10. The first kappa shape index (κ1) is 12.7. The SMILES string of the molecule is CC1(C)OCCO1.CC1(C)SCCS1. The van der Waals surface area contributed by atoms with Gasteiger partial charge in [0, 0.05) is 11.5 Å². The normalized spacial score (nSPS) is 28.3. The lowest BCUT2D eigenvalue weighted by Crippen LogP contribution is -2.18. The van der Waals surface area contributed by atoms with Crippen LogP contribution in [0.1, 0.15) is 27.7 Å². The largest absolute Gasteiger partial charge is 0.348 e. The van der Waals surface area contributed by atoms with Crippen LogP contribution in [0.4, 0.5) is 0 Å². The van der Waals surface area contributed by atoms with Crippen LogP contribution >= 0.6 is 23.5 Å². The average molecular weight is 236 g/mol. The standard InChI is InChI=1S/C5H10O2.C5H10S2/c2*1-5(2)6-3-4-7-5/h2*3-4H2,1-2H3. The molecule has 2 heterocycles. The van der Waals surface area contributed by atoms with Gasteiger partial charge >= 0.3 is 0 Å². The lowest BCUT2D eigenvalue weighted by Gasteiger charge is -2.13. The fourth-order valence-electron chi connectivity index (χ4n) is 1.23. The van der Waals surface area contributed by atoms with Gasteiger partial charge in [0.05, 0.1) is 17.3 Å². The van der Waals surface area contributed by atoms with Gasteiger partial charge in [-0.3, -0.25) is 0 Å². The number of hydrogen-bond donors (Lipinski definition) is 0. The summed E-state index contributed by atoms with van der Waals surface area (Å²) in [5.74, 6) is 2.38. The molecule has 84 valence electrons. The number of ether oxygens (including phenoxy) is 2. The Morgan fingerprint density at radius 1 is 0.857 bits per heavy atom. The van der Waals surface area contributed by atoms with E-state index >= 15 is 0 Å². The molecule has 0 N–H and O–H groups in total. The molecule has 2 saturated heterocycles. The van der Waals surface area contributed by atoms with E-state index in [1.54, 1.807) is 0 Å². The van der Waals surface area contributed by atoms with Gasteiger partial charge in [-0.05, 0) is 27.7 Å². The zero-order chi connectivity index (χ0) is 10.7. The Labute approximate surface area is 95.5 Å². The Kier molecular flexibility index (Phi) is 4.62. The molecule has 2 nitrogen and oxygen atoms in total. The van der Waals surface area contributed by atoms with E-state index in [1.165, 1.54) is 11.5 Å². The summed E-state index contributed by atoms with van der Waals surface area (Å²) in [6, 6.07) is 0. The molecule has 0 saturated carbocycles. The fourth-order valence-corrected chi connectivity index (χ4v) is 3.72. The molecule has 0 bridgehead atoms. The smallest absolute Gasteiger partial charge is 0.162 e. The summed E-state index contributed by atoms with van der Waals surface area (Å²) in [5.41, 5.74) is 0. The highest BCUT2D eigenvalue weighted by molar-refractivity contribution is 8.21. The zero-order valence-electron chi connectivity index (χ0n) is 9.46. The van der Waals surface area contributed by atoms with E-state index in [-0.39, 0.29) is 5.79 Å². The highest BCUT2D eigenvalue weighted by Gasteiger charge is 2.24. The Morgan fingerprint density at radius 3 is 1.43 bits per heavy atom. The highest BCUT2D eigenvalue weighted by Crippen LogP contribution is 2.42. The lowest BCUT2D eigenvalue weighted by atomic mass is 10.4. The molecule has 0 atom stereocenters. The highest BCUT2D eigenvalue weighted by atomic mass is 32.2. The van der Waals surface area contributed by atoms with Gasteiger partial charge in [-0.1, -0.05) is 0 Å². The predicted molar refractivity (Wildman–Crippen MR) is 65.0 cm³/mol. The van der Waals surface area contributed by atoms with Crippen molar-refractivity contribution in [3.05, 3.63) is 0 Å². The third-order valence-electron chi connectivity index (χ3n) is 1.97. The van der Waals surface area contributed by atoms with E-state index in [0.717, 1.165) is 13.2 Å². The van der Waals surface area contributed by atoms with Crippen molar-refractivity contribution < 1.29 is 9.47 Å². The number of rotatable bonds is 0. The van der Waals surface area contributed by atoms with E-state index in [9.17, 15) is 0 Å². The van der Waals surface area contributed by atoms with Crippen LogP contribution in [0.25, 0.3) is 0 Å². The quantitative estimate of drug-likeness (QED) is 0.643. The van der Waals surface area contributed by atoms with E-state index in [2.05, 4.69) is 37.4 Å². The first-order chi connectivity index (χ1) is 6.41. The van der Waals surface area contributed by atoms with Crippen LogP contribution in [-0.2, 0) is 9.47 Å². The topological polar surface area (TPSA) is 18.5 Å². The molecule has 0 aromatic carbocycles. The molecule has 0 spiro atoms. The molecule has 4 heteroatoms. The van der Waals surface area contributed by atoms with Gasteiger partial charge in [-0.2, -0.15) is 0 Å².